The van der Waals surface area contributed by atoms with E-state index in [0.717, 1.165) is 85.2 Å². The first kappa shape index (κ1) is 32.1. The van der Waals surface area contributed by atoms with Gasteiger partial charge in [0.2, 0.25) is 11.9 Å². The summed E-state index contributed by atoms with van der Waals surface area (Å²) in [7, 11) is 2.05. The van der Waals surface area contributed by atoms with Crippen LogP contribution in [-0.4, -0.2) is 94.9 Å². The van der Waals surface area contributed by atoms with Crippen LogP contribution in [0.15, 0.2) is 35.1 Å². The zero-order valence-electron chi connectivity index (χ0n) is 25.7. The largest absolute Gasteiger partial charge is 0.377 e. The molecule has 3 heterocycles. The second-order valence-electron chi connectivity index (χ2n) is 10.5. The van der Waals surface area contributed by atoms with Crippen molar-refractivity contribution in [1.29, 1.82) is 0 Å². The summed E-state index contributed by atoms with van der Waals surface area (Å²) < 4.78 is 0. The number of thioether (sulfide) groups is 1. The Bertz CT molecular complexity index is 1030. The van der Waals surface area contributed by atoms with Crippen LogP contribution in [0, 0.1) is 0 Å². The number of rotatable bonds is 11. The minimum atomic E-state index is -0.318. The number of piperazine rings is 1. The maximum Gasteiger partial charge on any atom is 0.244 e. The van der Waals surface area contributed by atoms with E-state index in [-0.39, 0.29) is 11.9 Å². The summed E-state index contributed by atoms with van der Waals surface area (Å²) in [5, 5.41) is 4.12. The first-order valence-electron chi connectivity index (χ1n) is 15.3. The lowest BCUT2D eigenvalue weighted by Gasteiger charge is -2.43. The van der Waals surface area contributed by atoms with Crippen LogP contribution in [0.3, 0.4) is 0 Å². The van der Waals surface area contributed by atoms with Gasteiger partial charge in [-0.1, -0.05) is 39.3 Å². The van der Waals surface area contributed by atoms with Gasteiger partial charge in [0.25, 0.3) is 0 Å². The van der Waals surface area contributed by atoms with E-state index in [4.69, 9.17) is 15.0 Å². The number of hydrogen-bond donors (Lipinski definition) is 1. The second-order valence-corrected chi connectivity index (χ2v) is 11.6. The highest BCUT2D eigenvalue weighted by atomic mass is 32.2. The molecule has 9 heteroatoms. The molecule has 1 atom stereocenters. The number of carbonyl (C=O) groups is 1. The van der Waals surface area contributed by atoms with Crippen molar-refractivity contribution >= 4 is 28.7 Å². The number of amides is 1. The maximum atomic E-state index is 13.0. The molecule has 0 spiro atoms. The van der Waals surface area contributed by atoms with E-state index in [1.165, 1.54) is 19.3 Å². The Morgan fingerprint density at radius 3 is 2.60 bits per heavy atom. The van der Waals surface area contributed by atoms with Crippen LogP contribution in [0.1, 0.15) is 71.6 Å². The van der Waals surface area contributed by atoms with Crippen LogP contribution < -0.4 is 10.2 Å². The van der Waals surface area contributed by atoms with Crippen LogP contribution in [-0.2, 0) is 17.6 Å². The van der Waals surface area contributed by atoms with Gasteiger partial charge >= 0.3 is 0 Å². The monoisotopic (exact) mass is 569 g/mol. The number of aryl methyl sites for hydroxylation is 1. The summed E-state index contributed by atoms with van der Waals surface area (Å²) >= 11 is 1.74. The average Bonchev–Trinajstić information content (AvgIpc) is 2.96. The number of anilines is 1. The quantitative estimate of drug-likeness (QED) is 0.413. The van der Waals surface area contributed by atoms with Crippen molar-refractivity contribution < 1.29 is 4.79 Å². The third-order valence-electron chi connectivity index (χ3n) is 7.80. The summed E-state index contributed by atoms with van der Waals surface area (Å²) in [5.74, 6) is 1.76. The number of nitrogens with one attached hydrogen (secondary N) is 1. The van der Waals surface area contributed by atoms with Crippen molar-refractivity contribution in [2.45, 2.75) is 85.2 Å². The third kappa shape index (κ3) is 9.06. The highest BCUT2D eigenvalue weighted by Crippen LogP contribution is 2.26. The summed E-state index contributed by atoms with van der Waals surface area (Å²) in [5.41, 5.74) is 3.35. The zero-order valence-corrected chi connectivity index (χ0v) is 26.5. The molecule has 3 aliphatic rings. The molecule has 1 aromatic rings. The molecule has 2 fully saturated rings. The molecule has 0 bridgehead atoms. The lowest BCUT2D eigenvalue weighted by Crippen LogP contribution is -2.52. The van der Waals surface area contributed by atoms with E-state index in [0.29, 0.717) is 13.0 Å². The molecule has 1 saturated carbocycles. The average molecular weight is 570 g/mol. The second kappa shape index (κ2) is 16.8. The SMILES string of the molecule is C/C=C\N(C)C/C=C(\C)C1=NC(C(=O)NCCc2nc(N3CCN(C4CCC4)CC3)ncc2CC)CCS1.CC. The van der Waals surface area contributed by atoms with Crippen molar-refractivity contribution in [3.05, 3.63) is 41.4 Å². The van der Waals surface area contributed by atoms with E-state index in [9.17, 15) is 4.79 Å². The minimum absolute atomic E-state index is 0.0149. The van der Waals surface area contributed by atoms with Gasteiger partial charge in [-0.15, -0.1) is 11.8 Å². The number of allylic oxidation sites excluding steroid dienone is 1. The van der Waals surface area contributed by atoms with Gasteiger partial charge in [0, 0.05) is 70.7 Å². The molecular weight excluding hydrogens is 518 g/mol. The van der Waals surface area contributed by atoms with Crippen LogP contribution in [0.4, 0.5) is 5.95 Å². The molecule has 1 N–H and O–H groups in total. The van der Waals surface area contributed by atoms with Crippen molar-refractivity contribution in [3.8, 4) is 0 Å². The molecule has 8 nitrogen and oxygen atoms in total. The van der Waals surface area contributed by atoms with E-state index in [1.54, 1.807) is 11.8 Å². The molecule has 0 radical (unpaired) electrons. The highest BCUT2D eigenvalue weighted by Gasteiger charge is 2.29. The fourth-order valence-corrected chi connectivity index (χ4v) is 6.20. The van der Waals surface area contributed by atoms with Crippen molar-refractivity contribution in [3.63, 3.8) is 0 Å². The van der Waals surface area contributed by atoms with Gasteiger partial charge in [-0.3, -0.25) is 14.7 Å². The van der Waals surface area contributed by atoms with E-state index in [1.807, 2.05) is 33.0 Å². The normalized spacial score (nSPS) is 20.4. The summed E-state index contributed by atoms with van der Waals surface area (Å²) in [6, 6.07) is 0.481. The summed E-state index contributed by atoms with van der Waals surface area (Å²) in [4.78, 5) is 34.5. The van der Waals surface area contributed by atoms with Crippen molar-refractivity contribution in [2.75, 3.05) is 57.0 Å². The molecule has 1 unspecified atom stereocenters. The molecule has 1 aliphatic carbocycles. The summed E-state index contributed by atoms with van der Waals surface area (Å²) in [6.45, 7) is 15.8. The molecule has 0 aromatic carbocycles. The van der Waals surface area contributed by atoms with Gasteiger partial charge in [-0.05, 0) is 56.9 Å². The standard InChI is InChI=1S/C29H45N7OS.C2H6/c1-5-14-34(4)15-11-22(3)28-32-26(12-20-38-28)27(37)30-13-10-25-23(6-2)21-31-29(33-25)36-18-16-35(17-19-36)24-8-7-9-24;1-2/h5,11,14,21,24,26H,6-10,12-13,15-20H2,1-4H3,(H,30,37);1-2H3/b14-5-,22-11+;. The Morgan fingerprint density at radius 1 is 1.20 bits per heavy atom. The van der Waals surface area contributed by atoms with Gasteiger partial charge in [0.1, 0.15) is 6.04 Å². The molecule has 4 rings (SSSR count). The third-order valence-corrected chi connectivity index (χ3v) is 8.94. The van der Waals surface area contributed by atoms with E-state index in [2.05, 4.69) is 53.2 Å². The Kier molecular flexibility index (Phi) is 13.5. The first-order valence-corrected chi connectivity index (χ1v) is 16.3. The topological polar surface area (TPSA) is 77.0 Å². The number of carbonyl (C=O) groups excluding carboxylic acids is 1. The number of nitrogens with zero attached hydrogens (tertiary/aromatic N) is 6. The van der Waals surface area contributed by atoms with Crippen LogP contribution in [0.5, 0.6) is 0 Å². The van der Waals surface area contributed by atoms with Gasteiger partial charge in [-0.25, -0.2) is 9.97 Å². The Hall–Kier alpha value is -2.39. The number of aliphatic imine (C=N–C) groups is 1. The molecular formula is C31H51N7OS. The molecule has 40 heavy (non-hydrogen) atoms. The molecule has 1 amide bonds. The van der Waals surface area contributed by atoms with E-state index >= 15 is 0 Å². The lowest BCUT2D eigenvalue weighted by molar-refractivity contribution is -0.122. The van der Waals surface area contributed by atoms with Gasteiger partial charge < -0.3 is 15.1 Å². The molecule has 2 aliphatic heterocycles. The Morgan fingerprint density at radius 2 is 1.95 bits per heavy atom. The molecule has 222 valence electrons. The maximum absolute atomic E-state index is 13.0. The van der Waals surface area contributed by atoms with Crippen LogP contribution in [0.25, 0.3) is 0 Å². The fourth-order valence-electron chi connectivity index (χ4n) is 5.16. The Balaban J connectivity index is 0.00000216. The highest BCUT2D eigenvalue weighted by molar-refractivity contribution is 8.14. The van der Waals surface area contributed by atoms with Crippen molar-refractivity contribution in [1.82, 2.24) is 25.1 Å². The molecule has 1 aromatic heterocycles. The van der Waals surface area contributed by atoms with Crippen LogP contribution in [0.2, 0.25) is 0 Å². The fraction of sp³-hybridized carbons (Fsp3) is 0.677. The van der Waals surface area contributed by atoms with Gasteiger partial charge in [-0.2, -0.15) is 0 Å². The lowest BCUT2D eigenvalue weighted by atomic mass is 9.91. The van der Waals surface area contributed by atoms with Crippen LogP contribution >= 0.6 is 11.8 Å². The predicted molar refractivity (Wildman–Crippen MR) is 170 cm³/mol. The minimum Gasteiger partial charge on any atom is -0.377 e. The number of likely N-dealkylation sites (N-methyl/N-ethyl adjacent to an activating group) is 1. The smallest absolute Gasteiger partial charge is 0.244 e. The first-order chi connectivity index (χ1) is 19.5. The number of hydrogen-bond acceptors (Lipinski definition) is 8. The Labute approximate surface area is 246 Å². The number of aromatic nitrogens is 2. The molecule has 1 saturated heterocycles. The summed E-state index contributed by atoms with van der Waals surface area (Å²) in [6.07, 6.45) is 14.7. The van der Waals surface area contributed by atoms with Gasteiger partial charge in [0.05, 0.1) is 10.7 Å². The van der Waals surface area contributed by atoms with E-state index < -0.39 is 0 Å². The predicted octanol–water partition coefficient (Wildman–Crippen LogP) is 4.71. The van der Waals surface area contributed by atoms with Crippen molar-refractivity contribution in [2.24, 2.45) is 4.99 Å². The zero-order chi connectivity index (χ0) is 28.9. The van der Waals surface area contributed by atoms with Gasteiger partial charge in [0.15, 0.2) is 0 Å².